The summed E-state index contributed by atoms with van der Waals surface area (Å²) in [4.78, 5) is 5.79. The molecule has 0 amide bonds. The largest absolute Gasteiger partial charge is 0.420 e. The number of aromatic nitrogens is 1. The monoisotopic (exact) mass is 142 g/mol. The van der Waals surface area contributed by atoms with E-state index in [0.717, 1.165) is 17.0 Å². The van der Waals surface area contributed by atoms with Crippen molar-refractivity contribution in [2.75, 3.05) is 0 Å². The first-order valence-corrected chi connectivity index (χ1v) is 3.44. The van der Waals surface area contributed by atoms with E-state index in [1.165, 1.54) is 0 Å². The fraction of sp³-hybridized carbons (Fsp3) is 0.125. The first kappa shape index (κ1) is 6.46. The maximum Gasteiger partial charge on any atom is 0.227 e. The van der Waals surface area contributed by atoms with Crippen LogP contribution < -0.4 is 0 Å². The van der Waals surface area contributed by atoms with Gasteiger partial charge in [-0.25, -0.2) is 0 Å². The molecule has 0 saturated heterocycles. The van der Waals surface area contributed by atoms with E-state index in [1.54, 1.807) is 11.0 Å². The van der Waals surface area contributed by atoms with E-state index in [2.05, 4.69) is 11.6 Å². The molecule has 1 aromatic rings. The molecule has 0 N–H and O–H groups in total. The van der Waals surface area contributed by atoms with Crippen LogP contribution in [-0.2, 0) is 6.54 Å². The molecular weight excluding hydrogens is 135 g/mol. The minimum absolute atomic E-state index is 0.676. The Morgan fingerprint density at radius 3 is 3.18 bits per heavy atom. The zero-order chi connectivity index (χ0) is 7.84. The van der Waals surface area contributed by atoms with Gasteiger partial charge in [-0.1, -0.05) is 6.58 Å². The first-order chi connectivity index (χ1) is 5.29. The lowest BCUT2D eigenvalue weighted by atomic mass is 10.2. The second-order valence-electron chi connectivity index (χ2n) is 2.57. The highest BCUT2D eigenvalue weighted by molar-refractivity contribution is 6.10. The van der Waals surface area contributed by atoms with Crippen molar-refractivity contribution in [3.63, 3.8) is 0 Å². The Kier molecular flexibility index (Phi) is 1.25. The molecule has 1 aliphatic rings. The van der Waals surface area contributed by atoms with Gasteiger partial charge in [0.15, 0.2) is 0 Å². The van der Waals surface area contributed by atoms with Crippen LogP contribution in [0.2, 0.25) is 0 Å². The maximum atomic E-state index is 5.62. The van der Waals surface area contributed by atoms with Gasteiger partial charge in [0.05, 0.1) is 5.69 Å². The third-order valence-electron chi connectivity index (χ3n) is 1.87. The van der Waals surface area contributed by atoms with E-state index in [9.17, 15) is 0 Å². The van der Waals surface area contributed by atoms with Crippen LogP contribution in [0.5, 0.6) is 0 Å². The minimum atomic E-state index is 0.676. The predicted octanol–water partition coefficient (Wildman–Crippen LogP) is 0.951. The van der Waals surface area contributed by atoms with E-state index < -0.39 is 0 Å². The SMILES string of the molecule is [B]N1Cc2ncccc2C1=C. The summed E-state index contributed by atoms with van der Waals surface area (Å²) in [6.07, 6.45) is 1.77. The number of hydrogen-bond donors (Lipinski definition) is 0. The lowest BCUT2D eigenvalue weighted by Crippen LogP contribution is -2.08. The number of pyridine rings is 1. The molecule has 2 radical (unpaired) electrons. The van der Waals surface area contributed by atoms with Crippen molar-refractivity contribution in [2.45, 2.75) is 6.54 Å². The van der Waals surface area contributed by atoms with E-state index in [4.69, 9.17) is 7.98 Å². The van der Waals surface area contributed by atoms with Crippen molar-refractivity contribution in [1.82, 2.24) is 9.79 Å². The Morgan fingerprint density at radius 1 is 1.64 bits per heavy atom. The molecular formula is C8H7BN2. The van der Waals surface area contributed by atoms with Crippen molar-refractivity contribution in [3.05, 3.63) is 36.2 Å². The van der Waals surface area contributed by atoms with Gasteiger partial charge in [-0.15, -0.1) is 0 Å². The van der Waals surface area contributed by atoms with Gasteiger partial charge in [0.25, 0.3) is 0 Å². The van der Waals surface area contributed by atoms with Crippen molar-refractivity contribution in [2.24, 2.45) is 0 Å². The second-order valence-corrected chi connectivity index (χ2v) is 2.57. The van der Waals surface area contributed by atoms with Gasteiger partial charge in [-0.2, -0.15) is 0 Å². The van der Waals surface area contributed by atoms with Crippen LogP contribution in [0.3, 0.4) is 0 Å². The first-order valence-electron chi connectivity index (χ1n) is 3.44. The molecule has 0 saturated carbocycles. The molecule has 2 nitrogen and oxygen atoms in total. The number of fused-ring (bicyclic) bond motifs is 1. The summed E-state index contributed by atoms with van der Waals surface area (Å²) >= 11 is 0. The standard InChI is InChI=1S/C8H7BN2/c1-6-7-3-2-4-10-8(7)5-11(6)9/h2-4H,1,5H2. The molecule has 0 bridgehead atoms. The minimum Gasteiger partial charge on any atom is -0.420 e. The summed E-state index contributed by atoms with van der Waals surface area (Å²) in [5.74, 6) is 0. The van der Waals surface area contributed by atoms with Crippen LogP contribution in [-0.4, -0.2) is 17.8 Å². The third kappa shape index (κ3) is 0.844. The summed E-state index contributed by atoms with van der Waals surface area (Å²) in [7, 11) is 5.62. The molecule has 11 heavy (non-hydrogen) atoms. The van der Waals surface area contributed by atoms with Crippen LogP contribution in [0.25, 0.3) is 5.70 Å². The van der Waals surface area contributed by atoms with Gasteiger partial charge in [-0.3, -0.25) is 4.98 Å². The summed E-state index contributed by atoms with van der Waals surface area (Å²) in [5, 5.41) is 0. The van der Waals surface area contributed by atoms with E-state index in [1.807, 2.05) is 12.1 Å². The highest BCUT2D eigenvalue weighted by Crippen LogP contribution is 2.26. The molecule has 0 fully saturated rings. The number of nitrogens with zero attached hydrogens (tertiary/aromatic N) is 2. The lowest BCUT2D eigenvalue weighted by molar-refractivity contribution is 0.648. The predicted molar refractivity (Wildman–Crippen MR) is 44.6 cm³/mol. The zero-order valence-electron chi connectivity index (χ0n) is 6.12. The summed E-state index contributed by atoms with van der Waals surface area (Å²) < 4.78 is 0. The fourth-order valence-electron chi connectivity index (χ4n) is 1.24. The Labute approximate surface area is 67.0 Å². The molecule has 0 aliphatic carbocycles. The van der Waals surface area contributed by atoms with Crippen molar-refractivity contribution < 1.29 is 0 Å². The van der Waals surface area contributed by atoms with Crippen molar-refractivity contribution in [3.8, 4) is 0 Å². The van der Waals surface area contributed by atoms with E-state index in [-0.39, 0.29) is 0 Å². The zero-order valence-corrected chi connectivity index (χ0v) is 6.12. The van der Waals surface area contributed by atoms with Crippen molar-refractivity contribution in [1.29, 1.82) is 0 Å². The molecule has 2 heterocycles. The molecule has 52 valence electrons. The molecule has 1 aliphatic heterocycles. The smallest absolute Gasteiger partial charge is 0.227 e. The van der Waals surface area contributed by atoms with Crippen LogP contribution in [0.1, 0.15) is 11.3 Å². The van der Waals surface area contributed by atoms with Crippen LogP contribution in [0, 0.1) is 0 Å². The van der Waals surface area contributed by atoms with Crippen LogP contribution in [0.4, 0.5) is 0 Å². The highest BCUT2D eigenvalue weighted by atomic mass is 15.1. The van der Waals surface area contributed by atoms with Crippen LogP contribution in [0.15, 0.2) is 24.9 Å². The van der Waals surface area contributed by atoms with Crippen LogP contribution >= 0.6 is 0 Å². The topological polar surface area (TPSA) is 16.1 Å². The van der Waals surface area contributed by atoms with Gasteiger partial charge >= 0.3 is 0 Å². The molecule has 0 atom stereocenters. The Hall–Kier alpha value is -1.25. The van der Waals surface area contributed by atoms with Gasteiger partial charge in [-0.05, 0) is 12.1 Å². The summed E-state index contributed by atoms with van der Waals surface area (Å²) in [6, 6.07) is 3.88. The molecule has 1 aromatic heterocycles. The molecule has 0 unspecified atom stereocenters. The van der Waals surface area contributed by atoms with Gasteiger partial charge in [0.1, 0.15) is 0 Å². The molecule has 2 rings (SSSR count). The Bertz CT molecular complexity index is 309. The molecule has 0 spiro atoms. The number of rotatable bonds is 0. The van der Waals surface area contributed by atoms with E-state index >= 15 is 0 Å². The quantitative estimate of drug-likeness (QED) is 0.501. The average Bonchev–Trinajstić information content (AvgIpc) is 2.30. The normalized spacial score (nSPS) is 15.3. The van der Waals surface area contributed by atoms with Gasteiger partial charge in [0, 0.05) is 24.0 Å². The Balaban J connectivity index is 2.55. The summed E-state index contributed by atoms with van der Waals surface area (Å²) in [5.41, 5.74) is 2.93. The average molecular weight is 142 g/mol. The molecule has 0 aromatic carbocycles. The van der Waals surface area contributed by atoms with Gasteiger partial charge in [0.2, 0.25) is 7.98 Å². The highest BCUT2D eigenvalue weighted by Gasteiger charge is 2.18. The Morgan fingerprint density at radius 2 is 2.45 bits per heavy atom. The third-order valence-corrected chi connectivity index (χ3v) is 1.87. The maximum absolute atomic E-state index is 5.62. The lowest BCUT2D eigenvalue weighted by Gasteiger charge is -2.10. The van der Waals surface area contributed by atoms with E-state index in [0.29, 0.717) is 6.54 Å². The van der Waals surface area contributed by atoms with Crippen molar-refractivity contribution >= 4 is 13.7 Å². The fourth-order valence-corrected chi connectivity index (χ4v) is 1.24. The number of hydrogen-bond acceptors (Lipinski definition) is 2. The molecule has 3 heteroatoms. The summed E-state index contributed by atoms with van der Waals surface area (Å²) in [6.45, 7) is 4.51. The second kappa shape index (κ2) is 2.12. The van der Waals surface area contributed by atoms with Gasteiger partial charge < -0.3 is 4.81 Å².